The van der Waals surface area contributed by atoms with Gasteiger partial charge in [0.05, 0.1) is 7.11 Å². The average molecular weight is 228 g/mol. The Balaban J connectivity index is 2.30. The van der Waals surface area contributed by atoms with Crippen LogP contribution in [0, 0.1) is 5.92 Å². The third-order valence-corrected chi connectivity index (χ3v) is 2.81. The van der Waals surface area contributed by atoms with E-state index in [4.69, 9.17) is 0 Å². The summed E-state index contributed by atoms with van der Waals surface area (Å²) in [5.74, 6) is 0.0799. The Labute approximate surface area is 95.9 Å². The third kappa shape index (κ3) is 3.72. The standard InChI is InChI=1S/C11H20N2O3/c1-7(2)10(14)12-8-4-5-9(6-8)13-11(15)16-3/h7-9H,4-6H2,1-3H3,(H,12,14)(H,13,15)/t8-,9-/m1/s1. The first-order chi connectivity index (χ1) is 7.52. The number of hydrogen-bond acceptors (Lipinski definition) is 3. The van der Waals surface area contributed by atoms with Crippen molar-refractivity contribution in [3.8, 4) is 0 Å². The molecule has 2 amide bonds. The van der Waals surface area contributed by atoms with Gasteiger partial charge in [-0.3, -0.25) is 4.79 Å². The van der Waals surface area contributed by atoms with E-state index in [0.717, 1.165) is 19.3 Å². The highest BCUT2D eigenvalue weighted by molar-refractivity contribution is 5.78. The molecule has 1 fully saturated rings. The number of nitrogens with one attached hydrogen (secondary N) is 2. The van der Waals surface area contributed by atoms with Crippen LogP contribution in [0.5, 0.6) is 0 Å². The summed E-state index contributed by atoms with van der Waals surface area (Å²) in [6.07, 6.45) is 2.18. The zero-order valence-corrected chi connectivity index (χ0v) is 10.1. The van der Waals surface area contributed by atoms with Gasteiger partial charge in [-0.2, -0.15) is 0 Å². The summed E-state index contributed by atoms with van der Waals surface area (Å²) in [4.78, 5) is 22.4. The van der Waals surface area contributed by atoms with Gasteiger partial charge in [0.25, 0.3) is 0 Å². The Bertz CT molecular complexity index is 266. The molecular weight excluding hydrogens is 208 g/mol. The normalized spacial score (nSPS) is 24.2. The largest absolute Gasteiger partial charge is 0.453 e. The van der Waals surface area contributed by atoms with Crippen LogP contribution in [-0.4, -0.2) is 31.2 Å². The van der Waals surface area contributed by atoms with Crippen LogP contribution in [-0.2, 0) is 9.53 Å². The number of rotatable bonds is 3. The summed E-state index contributed by atoms with van der Waals surface area (Å²) in [6, 6.07) is 0.293. The topological polar surface area (TPSA) is 67.4 Å². The maximum absolute atomic E-state index is 11.5. The van der Waals surface area contributed by atoms with E-state index in [2.05, 4.69) is 15.4 Å². The predicted octanol–water partition coefficient (Wildman–Crippen LogP) is 1.04. The van der Waals surface area contributed by atoms with Gasteiger partial charge in [-0.15, -0.1) is 0 Å². The molecular formula is C11H20N2O3. The second-order valence-electron chi connectivity index (χ2n) is 4.51. The van der Waals surface area contributed by atoms with Gasteiger partial charge in [-0.1, -0.05) is 13.8 Å². The van der Waals surface area contributed by atoms with E-state index < -0.39 is 6.09 Å². The Kier molecular flexibility index (Phi) is 4.58. The molecule has 0 spiro atoms. The molecule has 0 aromatic heterocycles. The van der Waals surface area contributed by atoms with Crippen molar-refractivity contribution in [2.24, 2.45) is 5.92 Å². The quantitative estimate of drug-likeness (QED) is 0.758. The Hall–Kier alpha value is -1.26. The first-order valence-corrected chi connectivity index (χ1v) is 5.67. The molecule has 16 heavy (non-hydrogen) atoms. The van der Waals surface area contributed by atoms with Crippen molar-refractivity contribution in [1.82, 2.24) is 10.6 Å². The number of ether oxygens (including phenoxy) is 1. The molecule has 0 heterocycles. The number of carbonyl (C=O) groups is 2. The molecule has 2 atom stereocenters. The molecule has 0 aromatic rings. The fourth-order valence-corrected chi connectivity index (χ4v) is 1.84. The second-order valence-corrected chi connectivity index (χ2v) is 4.51. The zero-order valence-electron chi connectivity index (χ0n) is 10.1. The van der Waals surface area contributed by atoms with Crippen molar-refractivity contribution in [3.63, 3.8) is 0 Å². The SMILES string of the molecule is COC(=O)N[C@@H]1CC[C@@H](NC(=O)C(C)C)C1. The molecule has 5 nitrogen and oxygen atoms in total. The van der Waals surface area contributed by atoms with Gasteiger partial charge in [0.15, 0.2) is 0 Å². The highest BCUT2D eigenvalue weighted by Crippen LogP contribution is 2.19. The van der Waals surface area contributed by atoms with Crippen LogP contribution in [0.25, 0.3) is 0 Å². The maximum Gasteiger partial charge on any atom is 0.407 e. The molecule has 0 radical (unpaired) electrons. The van der Waals surface area contributed by atoms with Gasteiger partial charge in [0.1, 0.15) is 0 Å². The summed E-state index contributed by atoms with van der Waals surface area (Å²) in [6.45, 7) is 3.74. The van der Waals surface area contributed by atoms with Gasteiger partial charge in [-0.25, -0.2) is 4.79 Å². The molecule has 2 N–H and O–H groups in total. The van der Waals surface area contributed by atoms with Crippen LogP contribution < -0.4 is 10.6 Å². The van der Waals surface area contributed by atoms with Crippen molar-refractivity contribution >= 4 is 12.0 Å². The van der Waals surface area contributed by atoms with Crippen LogP contribution >= 0.6 is 0 Å². The highest BCUT2D eigenvalue weighted by Gasteiger charge is 2.27. The molecule has 1 aliphatic carbocycles. The van der Waals surface area contributed by atoms with E-state index in [-0.39, 0.29) is 23.9 Å². The average Bonchev–Trinajstić information content (AvgIpc) is 2.65. The minimum atomic E-state index is -0.402. The summed E-state index contributed by atoms with van der Waals surface area (Å²) in [7, 11) is 1.35. The van der Waals surface area contributed by atoms with Crippen molar-refractivity contribution in [3.05, 3.63) is 0 Å². The molecule has 0 unspecified atom stereocenters. The molecule has 1 aliphatic rings. The smallest absolute Gasteiger partial charge is 0.407 e. The van der Waals surface area contributed by atoms with Crippen molar-refractivity contribution < 1.29 is 14.3 Å². The summed E-state index contributed by atoms with van der Waals surface area (Å²) < 4.78 is 4.53. The fraction of sp³-hybridized carbons (Fsp3) is 0.818. The maximum atomic E-state index is 11.5. The monoisotopic (exact) mass is 228 g/mol. The van der Waals surface area contributed by atoms with Crippen LogP contribution in [0.1, 0.15) is 33.1 Å². The van der Waals surface area contributed by atoms with Crippen LogP contribution in [0.3, 0.4) is 0 Å². The van der Waals surface area contributed by atoms with Crippen LogP contribution in [0.4, 0.5) is 4.79 Å². The van der Waals surface area contributed by atoms with Gasteiger partial charge >= 0.3 is 6.09 Å². The molecule has 0 aromatic carbocycles. The Morgan fingerprint density at radius 3 is 2.25 bits per heavy atom. The van der Waals surface area contributed by atoms with Gasteiger partial charge in [0.2, 0.25) is 5.91 Å². The summed E-state index contributed by atoms with van der Waals surface area (Å²) in [5, 5.41) is 5.72. The van der Waals surface area contributed by atoms with Gasteiger partial charge in [-0.05, 0) is 19.3 Å². The zero-order chi connectivity index (χ0) is 12.1. The lowest BCUT2D eigenvalue weighted by molar-refractivity contribution is -0.124. The van der Waals surface area contributed by atoms with Crippen molar-refractivity contribution in [2.45, 2.75) is 45.2 Å². The number of methoxy groups -OCH3 is 1. The fourth-order valence-electron chi connectivity index (χ4n) is 1.84. The number of alkyl carbamates (subject to hydrolysis) is 1. The third-order valence-electron chi connectivity index (χ3n) is 2.81. The number of carbonyl (C=O) groups excluding carboxylic acids is 2. The van der Waals surface area contributed by atoms with Gasteiger partial charge in [0, 0.05) is 18.0 Å². The molecule has 0 aliphatic heterocycles. The number of amides is 2. The van der Waals surface area contributed by atoms with E-state index in [1.54, 1.807) is 0 Å². The van der Waals surface area contributed by atoms with Crippen LogP contribution in [0.2, 0.25) is 0 Å². The molecule has 1 saturated carbocycles. The molecule has 1 rings (SSSR count). The van der Waals surface area contributed by atoms with E-state index in [1.165, 1.54) is 7.11 Å². The Morgan fingerprint density at radius 1 is 1.19 bits per heavy atom. The molecule has 92 valence electrons. The predicted molar refractivity (Wildman–Crippen MR) is 59.9 cm³/mol. The summed E-state index contributed by atoms with van der Waals surface area (Å²) >= 11 is 0. The van der Waals surface area contributed by atoms with E-state index in [9.17, 15) is 9.59 Å². The minimum absolute atomic E-state index is 0.00705. The van der Waals surface area contributed by atoms with E-state index in [1.807, 2.05) is 13.8 Å². The van der Waals surface area contributed by atoms with Crippen LogP contribution in [0.15, 0.2) is 0 Å². The van der Waals surface area contributed by atoms with Gasteiger partial charge < -0.3 is 15.4 Å². The lowest BCUT2D eigenvalue weighted by Crippen LogP contribution is -2.38. The molecule has 5 heteroatoms. The first kappa shape index (κ1) is 12.8. The molecule has 0 bridgehead atoms. The molecule has 0 saturated heterocycles. The van der Waals surface area contributed by atoms with E-state index >= 15 is 0 Å². The van der Waals surface area contributed by atoms with E-state index in [0.29, 0.717) is 0 Å². The minimum Gasteiger partial charge on any atom is -0.453 e. The highest BCUT2D eigenvalue weighted by atomic mass is 16.5. The lowest BCUT2D eigenvalue weighted by atomic mass is 10.1. The van der Waals surface area contributed by atoms with Crippen molar-refractivity contribution in [1.29, 1.82) is 0 Å². The van der Waals surface area contributed by atoms with Crippen molar-refractivity contribution in [2.75, 3.05) is 7.11 Å². The lowest BCUT2D eigenvalue weighted by Gasteiger charge is -2.15. The first-order valence-electron chi connectivity index (χ1n) is 5.67. The Morgan fingerprint density at radius 2 is 1.75 bits per heavy atom. The number of hydrogen-bond donors (Lipinski definition) is 2. The second kappa shape index (κ2) is 5.72. The summed E-state index contributed by atoms with van der Waals surface area (Å²) in [5.41, 5.74) is 0.